The van der Waals surface area contributed by atoms with Crippen LogP contribution in [0.5, 0.6) is 17.2 Å². The zero-order valence-corrected chi connectivity index (χ0v) is 21.8. The van der Waals surface area contributed by atoms with Crippen molar-refractivity contribution < 1.29 is 32.2 Å². The number of nitrogens with zero attached hydrogens (tertiary/aromatic N) is 1. The summed E-state index contributed by atoms with van der Waals surface area (Å²) in [4.78, 5) is 28.6. The fourth-order valence-corrected chi connectivity index (χ4v) is 5.60. The summed E-state index contributed by atoms with van der Waals surface area (Å²) in [5.41, 5.74) is 2.02. The van der Waals surface area contributed by atoms with E-state index in [1.807, 2.05) is 13.8 Å². The molecule has 1 unspecified atom stereocenters. The van der Waals surface area contributed by atoms with E-state index < -0.39 is 15.9 Å². The van der Waals surface area contributed by atoms with Gasteiger partial charge in [0.25, 0.3) is 0 Å². The van der Waals surface area contributed by atoms with Crippen LogP contribution in [0.1, 0.15) is 44.6 Å². The SMILES string of the molecule is COc1cc(C2CC(=O)N(c3ccc(S(N)(=O)=O)cc3)C3=C2C(=O)CC(C)(C)C3)cc(OC)c1OC. The average molecular weight is 515 g/mol. The van der Waals surface area contributed by atoms with Crippen molar-refractivity contribution >= 4 is 27.4 Å². The van der Waals surface area contributed by atoms with Crippen LogP contribution in [0.3, 0.4) is 0 Å². The molecule has 1 amide bonds. The van der Waals surface area contributed by atoms with Gasteiger partial charge < -0.3 is 14.2 Å². The number of hydrogen-bond acceptors (Lipinski definition) is 7. The molecule has 1 aliphatic heterocycles. The molecule has 2 aromatic carbocycles. The maximum atomic E-state index is 13.6. The molecule has 0 radical (unpaired) electrons. The second-order valence-corrected chi connectivity index (χ2v) is 11.3. The van der Waals surface area contributed by atoms with Gasteiger partial charge in [-0.2, -0.15) is 0 Å². The minimum Gasteiger partial charge on any atom is -0.493 e. The summed E-state index contributed by atoms with van der Waals surface area (Å²) in [6.45, 7) is 3.98. The van der Waals surface area contributed by atoms with Gasteiger partial charge in [-0.15, -0.1) is 0 Å². The molecular weight excluding hydrogens is 484 g/mol. The highest BCUT2D eigenvalue weighted by molar-refractivity contribution is 7.89. The number of Topliss-reactive ketones (excluding diaryl/α,β-unsaturated/α-hetero) is 1. The van der Waals surface area contributed by atoms with E-state index in [1.54, 1.807) is 12.1 Å². The van der Waals surface area contributed by atoms with Crippen molar-refractivity contribution in [3.05, 3.63) is 53.2 Å². The van der Waals surface area contributed by atoms with Crippen LogP contribution < -0.4 is 24.2 Å². The predicted molar refractivity (Wildman–Crippen MR) is 134 cm³/mol. The van der Waals surface area contributed by atoms with Gasteiger partial charge in [0, 0.05) is 35.7 Å². The Morgan fingerprint density at radius 3 is 2.03 bits per heavy atom. The number of methoxy groups -OCH3 is 3. The second kappa shape index (κ2) is 9.25. The fourth-order valence-electron chi connectivity index (χ4n) is 5.09. The van der Waals surface area contributed by atoms with Crippen LogP contribution in [-0.4, -0.2) is 41.4 Å². The molecule has 0 saturated carbocycles. The van der Waals surface area contributed by atoms with E-state index >= 15 is 0 Å². The summed E-state index contributed by atoms with van der Waals surface area (Å²) in [7, 11) is 0.654. The van der Waals surface area contributed by atoms with Crippen molar-refractivity contribution in [2.75, 3.05) is 26.2 Å². The van der Waals surface area contributed by atoms with E-state index in [1.165, 1.54) is 50.5 Å². The lowest BCUT2D eigenvalue weighted by Gasteiger charge is -2.43. The van der Waals surface area contributed by atoms with Gasteiger partial charge in [0.15, 0.2) is 17.3 Å². The number of benzene rings is 2. The molecule has 9 nitrogen and oxygen atoms in total. The standard InChI is InChI=1S/C26H30N2O7S/c1-26(2)13-19-24(20(29)14-26)18(15-10-21(33-3)25(35-5)22(11-15)34-4)12-23(30)28(19)16-6-8-17(9-7-16)36(27,31)32/h6-11,18H,12-14H2,1-5H3,(H2,27,31,32). The third-order valence-electron chi connectivity index (χ3n) is 6.66. The Labute approximate surface area is 210 Å². The number of anilines is 1. The first-order valence-corrected chi connectivity index (χ1v) is 13.0. The topological polar surface area (TPSA) is 125 Å². The zero-order valence-electron chi connectivity index (χ0n) is 21.0. The largest absolute Gasteiger partial charge is 0.493 e. The normalized spacial score (nSPS) is 19.7. The van der Waals surface area contributed by atoms with Crippen LogP contribution >= 0.6 is 0 Å². The molecule has 36 heavy (non-hydrogen) atoms. The Kier molecular flexibility index (Phi) is 6.61. The number of rotatable bonds is 6. The van der Waals surface area contributed by atoms with E-state index in [0.717, 1.165) is 0 Å². The number of ketones is 1. The van der Waals surface area contributed by atoms with E-state index in [4.69, 9.17) is 19.3 Å². The van der Waals surface area contributed by atoms with Crippen molar-refractivity contribution in [1.29, 1.82) is 0 Å². The first-order valence-electron chi connectivity index (χ1n) is 11.4. The Morgan fingerprint density at radius 1 is 0.944 bits per heavy atom. The number of sulfonamides is 1. The van der Waals surface area contributed by atoms with Crippen LogP contribution in [0.25, 0.3) is 0 Å². The van der Waals surface area contributed by atoms with Gasteiger partial charge in [-0.1, -0.05) is 13.8 Å². The third kappa shape index (κ3) is 4.58. The van der Waals surface area contributed by atoms with Gasteiger partial charge in [0.2, 0.25) is 21.7 Å². The molecule has 0 spiro atoms. The summed E-state index contributed by atoms with van der Waals surface area (Å²) >= 11 is 0. The highest BCUT2D eigenvalue weighted by atomic mass is 32.2. The molecule has 0 aromatic heterocycles. The molecule has 1 aliphatic carbocycles. The Balaban J connectivity index is 1.90. The third-order valence-corrected chi connectivity index (χ3v) is 7.59. The Bertz CT molecular complexity index is 1340. The number of amides is 1. The number of carbonyl (C=O) groups excluding carboxylic acids is 2. The minimum absolute atomic E-state index is 0.0290. The summed E-state index contributed by atoms with van der Waals surface area (Å²) in [5, 5.41) is 5.23. The number of carbonyl (C=O) groups is 2. The predicted octanol–water partition coefficient (Wildman–Crippen LogP) is 3.52. The maximum absolute atomic E-state index is 13.6. The van der Waals surface area contributed by atoms with Crippen LogP contribution in [0, 0.1) is 5.41 Å². The lowest BCUT2D eigenvalue weighted by Crippen LogP contribution is -2.43. The number of allylic oxidation sites excluding steroid dienone is 2. The average Bonchev–Trinajstić information content (AvgIpc) is 2.81. The molecule has 4 rings (SSSR count). The van der Waals surface area contributed by atoms with E-state index in [0.29, 0.717) is 52.6 Å². The van der Waals surface area contributed by atoms with Gasteiger partial charge in [-0.25, -0.2) is 13.6 Å². The highest BCUT2D eigenvalue weighted by Gasteiger charge is 2.44. The molecule has 2 N–H and O–H groups in total. The second-order valence-electron chi connectivity index (χ2n) is 9.78. The van der Waals surface area contributed by atoms with Crippen molar-refractivity contribution in [1.82, 2.24) is 0 Å². The monoisotopic (exact) mass is 514 g/mol. The molecule has 0 saturated heterocycles. The van der Waals surface area contributed by atoms with Crippen molar-refractivity contribution in [3.8, 4) is 17.2 Å². The van der Waals surface area contributed by atoms with Gasteiger partial charge >= 0.3 is 0 Å². The van der Waals surface area contributed by atoms with Crippen LogP contribution in [0.15, 0.2) is 52.6 Å². The summed E-state index contributed by atoms with van der Waals surface area (Å²) in [6, 6.07) is 9.34. The molecule has 0 fully saturated rings. The summed E-state index contributed by atoms with van der Waals surface area (Å²) in [5.74, 6) is 0.564. The lowest BCUT2D eigenvalue weighted by molar-refractivity contribution is -0.121. The van der Waals surface area contributed by atoms with Crippen LogP contribution in [-0.2, 0) is 19.6 Å². The smallest absolute Gasteiger partial charge is 0.238 e. The molecule has 1 heterocycles. The number of hydrogen-bond donors (Lipinski definition) is 1. The molecular formula is C26H30N2O7S. The van der Waals surface area contributed by atoms with Crippen LogP contribution in [0.4, 0.5) is 5.69 Å². The molecule has 2 aliphatic rings. The summed E-state index contributed by atoms with van der Waals surface area (Å²) < 4.78 is 39.8. The molecule has 1 atom stereocenters. The van der Waals surface area contributed by atoms with Crippen molar-refractivity contribution in [3.63, 3.8) is 0 Å². The number of ether oxygens (including phenoxy) is 3. The van der Waals surface area contributed by atoms with Gasteiger partial charge in [-0.3, -0.25) is 14.5 Å². The maximum Gasteiger partial charge on any atom is 0.238 e. The van der Waals surface area contributed by atoms with Crippen LogP contribution in [0.2, 0.25) is 0 Å². The highest BCUT2D eigenvalue weighted by Crippen LogP contribution is 2.50. The first-order chi connectivity index (χ1) is 16.9. The van der Waals surface area contributed by atoms with Crippen molar-refractivity contribution in [2.45, 2.75) is 43.9 Å². The fraction of sp³-hybridized carbons (Fsp3) is 0.385. The molecule has 0 bridgehead atoms. The first kappa shape index (κ1) is 25.7. The Hall–Kier alpha value is -3.37. The van der Waals surface area contributed by atoms with Gasteiger partial charge in [0.1, 0.15) is 0 Å². The number of primary sulfonamides is 1. The number of nitrogens with two attached hydrogens (primary N) is 1. The van der Waals surface area contributed by atoms with Gasteiger partial charge in [-0.05, 0) is 53.8 Å². The molecule has 192 valence electrons. The lowest BCUT2D eigenvalue weighted by atomic mass is 9.69. The zero-order chi connectivity index (χ0) is 26.4. The van der Waals surface area contributed by atoms with Crippen molar-refractivity contribution in [2.24, 2.45) is 10.6 Å². The van der Waals surface area contributed by atoms with E-state index in [-0.39, 0.29) is 28.4 Å². The molecule has 2 aromatic rings. The van der Waals surface area contributed by atoms with Gasteiger partial charge in [0.05, 0.1) is 26.2 Å². The Morgan fingerprint density at radius 2 is 1.53 bits per heavy atom. The minimum atomic E-state index is -3.88. The van der Waals surface area contributed by atoms with E-state index in [9.17, 15) is 18.0 Å². The molecule has 10 heteroatoms. The van der Waals surface area contributed by atoms with E-state index in [2.05, 4.69) is 0 Å². The quantitative estimate of drug-likeness (QED) is 0.625. The summed E-state index contributed by atoms with van der Waals surface area (Å²) in [6.07, 6.45) is 0.886.